The summed E-state index contributed by atoms with van der Waals surface area (Å²) in [7, 11) is 0. The zero-order chi connectivity index (χ0) is 13.0. The lowest BCUT2D eigenvalue weighted by molar-refractivity contribution is 0.305. The highest BCUT2D eigenvalue weighted by Gasteiger charge is 2.02. The molecule has 0 aliphatic heterocycles. The second-order valence-electron chi connectivity index (χ2n) is 4.05. The largest absolute Gasteiger partial charge is 0.489 e. The van der Waals surface area contributed by atoms with Crippen LogP contribution in [0.15, 0.2) is 41.1 Å². The minimum absolute atomic E-state index is 0.540. The van der Waals surface area contributed by atoms with Gasteiger partial charge in [-0.25, -0.2) is 0 Å². The molecule has 2 nitrogen and oxygen atoms in total. The zero-order valence-corrected chi connectivity index (χ0v) is 13.2. The standard InChI is InChI=1S/C14H13Br2NO/c1-10-4-11(8-17-7-10)9-18-13-2-3-14(16)12(5-13)6-15/h2-5,7-8H,6,9H2,1H3. The maximum Gasteiger partial charge on any atom is 0.120 e. The van der Waals surface area contributed by atoms with E-state index in [0.29, 0.717) is 6.61 Å². The molecule has 1 aromatic heterocycles. The minimum Gasteiger partial charge on any atom is -0.489 e. The van der Waals surface area contributed by atoms with E-state index in [-0.39, 0.29) is 0 Å². The van der Waals surface area contributed by atoms with E-state index in [0.717, 1.165) is 26.7 Å². The molecular formula is C14H13Br2NO. The number of hydrogen-bond acceptors (Lipinski definition) is 2. The van der Waals surface area contributed by atoms with E-state index in [1.807, 2.05) is 37.5 Å². The summed E-state index contributed by atoms with van der Waals surface area (Å²) >= 11 is 6.95. The molecule has 2 rings (SSSR count). The second kappa shape index (κ2) is 6.34. The number of pyridine rings is 1. The minimum atomic E-state index is 0.540. The molecule has 0 aliphatic carbocycles. The molecule has 0 spiro atoms. The molecule has 0 atom stereocenters. The molecule has 4 heteroatoms. The van der Waals surface area contributed by atoms with Crippen molar-refractivity contribution in [3.63, 3.8) is 0 Å². The molecule has 0 saturated carbocycles. The third-order valence-corrected chi connectivity index (χ3v) is 3.88. The summed E-state index contributed by atoms with van der Waals surface area (Å²) in [5.41, 5.74) is 3.40. The Morgan fingerprint density at radius 1 is 1.22 bits per heavy atom. The quantitative estimate of drug-likeness (QED) is 0.732. The summed E-state index contributed by atoms with van der Waals surface area (Å²) < 4.78 is 6.85. The number of aryl methyl sites for hydroxylation is 1. The maximum absolute atomic E-state index is 5.76. The predicted molar refractivity (Wildman–Crippen MR) is 80.1 cm³/mol. The zero-order valence-electron chi connectivity index (χ0n) is 9.99. The Kier molecular flexibility index (Phi) is 4.78. The van der Waals surface area contributed by atoms with E-state index in [1.54, 1.807) is 0 Å². The van der Waals surface area contributed by atoms with Gasteiger partial charge < -0.3 is 4.74 Å². The molecule has 2 aromatic rings. The Morgan fingerprint density at radius 3 is 2.78 bits per heavy atom. The number of hydrogen-bond donors (Lipinski definition) is 0. The van der Waals surface area contributed by atoms with E-state index in [2.05, 4.69) is 42.9 Å². The Hall–Kier alpha value is -0.870. The molecule has 0 aliphatic rings. The molecule has 0 fully saturated rings. The van der Waals surface area contributed by atoms with Crippen molar-refractivity contribution in [3.05, 3.63) is 57.8 Å². The van der Waals surface area contributed by atoms with E-state index >= 15 is 0 Å². The van der Waals surface area contributed by atoms with Gasteiger partial charge in [0, 0.05) is 27.8 Å². The second-order valence-corrected chi connectivity index (χ2v) is 5.46. The monoisotopic (exact) mass is 369 g/mol. The number of halogens is 2. The Bertz CT molecular complexity index is 543. The van der Waals surface area contributed by atoms with Gasteiger partial charge >= 0.3 is 0 Å². The van der Waals surface area contributed by atoms with Gasteiger partial charge in [0.15, 0.2) is 0 Å². The number of nitrogens with zero attached hydrogens (tertiary/aromatic N) is 1. The van der Waals surface area contributed by atoms with Gasteiger partial charge in [0.05, 0.1) is 0 Å². The Labute approximate surface area is 124 Å². The average Bonchev–Trinajstić information content (AvgIpc) is 2.38. The van der Waals surface area contributed by atoms with Crippen molar-refractivity contribution < 1.29 is 4.74 Å². The first-order valence-corrected chi connectivity index (χ1v) is 7.48. The molecular weight excluding hydrogens is 358 g/mol. The van der Waals surface area contributed by atoms with Crippen molar-refractivity contribution in [3.8, 4) is 5.75 Å². The van der Waals surface area contributed by atoms with Crippen molar-refractivity contribution in [1.29, 1.82) is 0 Å². The third kappa shape index (κ3) is 3.56. The Balaban J connectivity index is 2.06. The van der Waals surface area contributed by atoms with Crippen LogP contribution < -0.4 is 4.74 Å². The van der Waals surface area contributed by atoms with Crippen molar-refractivity contribution >= 4 is 31.9 Å². The van der Waals surface area contributed by atoms with Crippen LogP contribution in [0.25, 0.3) is 0 Å². The van der Waals surface area contributed by atoms with Gasteiger partial charge in [-0.15, -0.1) is 0 Å². The van der Waals surface area contributed by atoms with Crippen LogP contribution in [0.3, 0.4) is 0 Å². The van der Waals surface area contributed by atoms with Gasteiger partial charge in [-0.05, 0) is 42.3 Å². The van der Waals surface area contributed by atoms with Crippen LogP contribution in [0, 0.1) is 6.92 Å². The number of alkyl halides is 1. The lowest BCUT2D eigenvalue weighted by Crippen LogP contribution is -1.97. The van der Waals surface area contributed by atoms with Crippen LogP contribution >= 0.6 is 31.9 Å². The van der Waals surface area contributed by atoms with Crippen molar-refractivity contribution in [2.45, 2.75) is 18.9 Å². The molecule has 0 N–H and O–H groups in total. The fourth-order valence-electron chi connectivity index (χ4n) is 1.61. The first kappa shape index (κ1) is 13.6. The molecule has 18 heavy (non-hydrogen) atoms. The first-order valence-electron chi connectivity index (χ1n) is 5.57. The van der Waals surface area contributed by atoms with E-state index in [9.17, 15) is 0 Å². The molecule has 94 valence electrons. The van der Waals surface area contributed by atoms with Gasteiger partial charge in [0.2, 0.25) is 0 Å². The molecule has 0 saturated heterocycles. The smallest absolute Gasteiger partial charge is 0.120 e. The number of rotatable bonds is 4. The number of benzene rings is 1. The lowest BCUT2D eigenvalue weighted by Gasteiger charge is -2.08. The van der Waals surface area contributed by atoms with E-state index in [1.165, 1.54) is 5.56 Å². The molecule has 1 heterocycles. The number of aromatic nitrogens is 1. The highest BCUT2D eigenvalue weighted by molar-refractivity contribution is 9.10. The Morgan fingerprint density at radius 2 is 2.06 bits per heavy atom. The first-order chi connectivity index (χ1) is 8.69. The fourth-order valence-corrected chi connectivity index (χ4v) is 2.83. The third-order valence-electron chi connectivity index (χ3n) is 2.50. The lowest BCUT2D eigenvalue weighted by atomic mass is 10.2. The molecule has 0 radical (unpaired) electrons. The van der Waals surface area contributed by atoms with Crippen molar-refractivity contribution in [2.24, 2.45) is 0 Å². The van der Waals surface area contributed by atoms with Crippen LogP contribution in [-0.4, -0.2) is 4.98 Å². The molecule has 0 unspecified atom stereocenters. The van der Waals surface area contributed by atoms with E-state index in [4.69, 9.17) is 4.74 Å². The topological polar surface area (TPSA) is 22.1 Å². The summed E-state index contributed by atoms with van der Waals surface area (Å²) in [5.74, 6) is 0.870. The maximum atomic E-state index is 5.76. The summed E-state index contributed by atoms with van der Waals surface area (Å²) in [6.07, 6.45) is 3.67. The van der Waals surface area contributed by atoms with Gasteiger partial charge in [-0.1, -0.05) is 31.9 Å². The van der Waals surface area contributed by atoms with Crippen molar-refractivity contribution in [1.82, 2.24) is 4.98 Å². The fraction of sp³-hybridized carbons (Fsp3) is 0.214. The summed E-state index contributed by atoms with van der Waals surface area (Å²) in [6.45, 7) is 2.57. The van der Waals surface area contributed by atoms with Crippen LogP contribution in [0.2, 0.25) is 0 Å². The highest BCUT2D eigenvalue weighted by atomic mass is 79.9. The van der Waals surface area contributed by atoms with E-state index < -0.39 is 0 Å². The van der Waals surface area contributed by atoms with Gasteiger partial charge in [0.25, 0.3) is 0 Å². The van der Waals surface area contributed by atoms with Gasteiger partial charge in [-0.3, -0.25) is 4.98 Å². The molecule has 1 aromatic carbocycles. The number of ether oxygens (including phenoxy) is 1. The van der Waals surface area contributed by atoms with Gasteiger partial charge in [0.1, 0.15) is 12.4 Å². The predicted octanol–water partition coefficient (Wildman–Crippen LogP) is 4.63. The normalized spacial score (nSPS) is 10.4. The summed E-state index contributed by atoms with van der Waals surface area (Å²) in [6, 6.07) is 8.07. The van der Waals surface area contributed by atoms with Crippen LogP contribution in [-0.2, 0) is 11.9 Å². The molecule has 0 bridgehead atoms. The molecule has 0 amide bonds. The highest BCUT2D eigenvalue weighted by Crippen LogP contribution is 2.25. The average molecular weight is 371 g/mol. The summed E-state index contributed by atoms with van der Waals surface area (Å²) in [4.78, 5) is 4.15. The van der Waals surface area contributed by atoms with Gasteiger partial charge in [-0.2, -0.15) is 0 Å². The summed E-state index contributed by atoms with van der Waals surface area (Å²) in [5, 5.41) is 0.802. The van der Waals surface area contributed by atoms with Crippen molar-refractivity contribution in [2.75, 3.05) is 0 Å². The van der Waals surface area contributed by atoms with Crippen LogP contribution in [0.5, 0.6) is 5.75 Å². The SMILES string of the molecule is Cc1cncc(COc2ccc(Br)c(CBr)c2)c1. The van der Waals surface area contributed by atoms with Crippen LogP contribution in [0.1, 0.15) is 16.7 Å². The van der Waals surface area contributed by atoms with Crippen LogP contribution in [0.4, 0.5) is 0 Å².